The molecular weight excluding hydrogens is 454 g/mol. The molecule has 5 rings (SSSR count). The van der Waals surface area contributed by atoms with Gasteiger partial charge in [-0.25, -0.2) is 0 Å². The van der Waals surface area contributed by atoms with Gasteiger partial charge in [0.2, 0.25) is 5.91 Å². The van der Waals surface area contributed by atoms with Crippen LogP contribution >= 0.6 is 15.9 Å². The first-order valence-electron chi connectivity index (χ1n) is 10.9. The number of aromatic nitrogens is 1. The summed E-state index contributed by atoms with van der Waals surface area (Å²) in [7, 11) is 0. The molecule has 3 aromatic rings. The van der Waals surface area contributed by atoms with E-state index in [-0.39, 0.29) is 11.8 Å². The number of fused-ring (bicyclic) bond motifs is 6. The highest BCUT2D eigenvalue weighted by Gasteiger charge is 2.60. The van der Waals surface area contributed by atoms with Gasteiger partial charge in [-0.2, -0.15) is 0 Å². The Labute approximate surface area is 190 Å². The fourth-order valence-corrected chi connectivity index (χ4v) is 5.61. The Morgan fingerprint density at radius 1 is 1.23 bits per heavy atom. The number of carbonyl (C=O) groups is 2. The highest BCUT2D eigenvalue weighted by molar-refractivity contribution is 9.10. The molecule has 0 saturated heterocycles. The lowest BCUT2D eigenvalue weighted by molar-refractivity contribution is -0.143. The van der Waals surface area contributed by atoms with Crippen molar-refractivity contribution in [2.75, 3.05) is 18.0 Å². The summed E-state index contributed by atoms with van der Waals surface area (Å²) in [6, 6.07) is 14.1. The third-order valence-corrected chi connectivity index (χ3v) is 7.16. The number of hydrogen-bond donors (Lipinski definition) is 1. The van der Waals surface area contributed by atoms with Crippen molar-refractivity contribution in [1.29, 1.82) is 0 Å². The predicted octanol–water partition coefficient (Wildman–Crippen LogP) is 4.97. The normalized spacial score (nSPS) is 20.1. The zero-order valence-electron chi connectivity index (χ0n) is 18.0. The van der Waals surface area contributed by atoms with Crippen molar-refractivity contribution in [3.05, 3.63) is 63.8 Å². The molecule has 0 saturated carbocycles. The highest BCUT2D eigenvalue weighted by Crippen LogP contribution is 2.52. The van der Waals surface area contributed by atoms with Crippen molar-refractivity contribution in [3.63, 3.8) is 0 Å². The Balaban J connectivity index is 1.82. The van der Waals surface area contributed by atoms with Crippen LogP contribution in [0.3, 0.4) is 0 Å². The van der Waals surface area contributed by atoms with E-state index in [1.165, 1.54) is 0 Å². The van der Waals surface area contributed by atoms with Crippen LogP contribution in [0, 0.1) is 5.92 Å². The third kappa shape index (κ3) is 2.80. The first-order valence-corrected chi connectivity index (χ1v) is 11.6. The van der Waals surface area contributed by atoms with E-state index < -0.39 is 5.54 Å². The summed E-state index contributed by atoms with van der Waals surface area (Å²) in [5, 5.41) is 1.13. The fraction of sp³-hybridized carbons (Fsp3) is 0.360. The topological polar surface area (TPSA) is 56.4 Å². The van der Waals surface area contributed by atoms with E-state index in [9.17, 15) is 9.59 Å². The highest BCUT2D eigenvalue weighted by atomic mass is 79.9. The molecule has 1 spiro atoms. The molecule has 2 aromatic carbocycles. The molecule has 0 fully saturated rings. The first kappa shape index (κ1) is 20.3. The van der Waals surface area contributed by atoms with Gasteiger partial charge in [-0.05, 0) is 48.6 Å². The van der Waals surface area contributed by atoms with Gasteiger partial charge in [0.25, 0.3) is 5.91 Å². The Morgan fingerprint density at radius 3 is 2.74 bits per heavy atom. The molecule has 160 valence electrons. The van der Waals surface area contributed by atoms with Crippen molar-refractivity contribution in [2.45, 2.75) is 39.2 Å². The predicted molar refractivity (Wildman–Crippen MR) is 126 cm³/mol. The number of carbonyl (C=O) groups excluding carboxylic acids is 2. The summed E-state index contributed by atoms with van der Waals surface area (Å²) in [4.78, 5) is 34.5. The summed E-state index contributed by atoms with van der Waals surface area (Å²) in [5.41, 5.74) is 3.59. The van der Waals surface area contributed by atoms with E-state index in [1.54, 1.807) is 11.8 Å². The molecule has 2 aliphatic rings. The largest absolute Gasteiger partial charge is 0.355 e. The average Bonchev–Trinajstić information content (AvgIpc) is 3.22. The second-order valence-electron chi connectivity index (χ2n) is 8.96. The van der Waals surface area contributed by atoms with E-state index in [1.807, 2.05) is 41.3 Å². The van der Waals surface area contributed by atoms with Gasteiger partial charge in [-0.1, -0.05) is 48.0 Å². The molecule has 6 heteroatoms. The summed E-state index contributed by atoms with van der Waals surface area (Å²) < 4.78 is 0.899. The van der Waals surface area contributed by atoms with Crippen LogP contribution in [0.25, 0.3) is 10.9 Å². The second kappa shape index (κ2) is 7.23. The maximum atomic E-state index is 14.3. The molecule has 31 heavy (non-hydrogen) atoms. The molecule has 5 nitrogen and oxygen atoms in total. The number of rotatable bonds is 3. The fourth-order valence-electron chi connectivity index (χ4n) is 5.25. The minimum Gasteiger partial charge on any atom is -0.355 e. The van der Waals surface area contributed by atoms with Crippen LogP contribution in [0.5, 0.6) is 0 Å². The van der Waals surface area contributed by atoms with Gasteiger partial charge in [0, 0.05) is 41.0 Å². The number of nitrogens with one attached hydrogen (secondary N) is 1. The SMILES string of the molecule is CC(=O)N1CCc2c([nH]c3ccccc23)[C@]12C(=O)N(CCC(C)C)c1ccc(Br)cc12. The first-order chi connectivity index (χ1) is 14.9. The maximum Gasteiger partial charge on any atom is 0.263 e. The van der Waals surface area contributed by atoms with Crippen molar-refractivity contribution in [3.8, 4) is 0 Å². The Kier molecular flexibility index (Phi) is 4.74. The van der Waals surface area contributed by atoms with Gasteiger partial charge < -0.3 is 14.8 Å². The minimum atomic E-state index is -1.16. The monoisotopic (exact) mass is 479 g/mol. The Hall–Kier alpha value is -2.60. The van der Waals surface area contributed by atoms with Crippen LogP contribution < -0.4 is 4.90 Å². The molecule has 2 amide bonds. The zero-order valence-corrected chi connectivity index (χ0v) is 19.6. The van der Waals surface area contributed by atoms with Crippen LogP contribution in [0.2, 0.25) is 0 Å². The second-order valence-corrected chi connectivity index (χ2v) is 9.87. The van der Waals surface area contributed by atoms with E-state index in [0.717, 1.165) is 50.7 Å². The summed E-state index contributed by atoms with van der Waals surface area (Å²) in [5.74, 6) is 0.348. The third-order valence-electron chi connectivity index (χ3n) is 6.67. The van der Waals surface area contributed by atoms with Crippen molar-refractivity contribution >= 4 is 44.3 Å². The van der Waals surface area contributed by atoms with Crippen molar-refractivity contribution < 1.29 is 9.59 Å². The number of H-pyrrole nitrogens is 1. The summed E-state index contributed by atoms with van der Waals surface area (Å²) in [6.07, 6.45) is 1.63. The van der Waals surface area contributed by atoms with Crippen LogP contribution in [-0.2, 0) is 21.5 Å². The molecule has 1 aromatic heterocycles. The molecule has 1 atom stereocenters. The molecular formula is C25H26BrN3O2. The van der Waals surface area contributed by atoms with Crippen LogP contribution in [-0.4, -0.2) is 34.8 Å². The summed E-state index contributed by atoms with van der Waals surface area (Å²) >= 11 is 3.61. The van der Waals surface area contributed by atoms with Gasteiger partial charge in [-0.15, -0.1) is 0 Å². The number of anilines is 1. The van der Waals surface area contributed by atoms with Crippen molar-refractivity contribution in [1.82, 2.24) is 9.88 Å². The molecule has 0 radical (unpaired) electrons. The van der Waals surface area contributed by atoms with Gasteiger partial charge in [0.1, 0.15) is 0 Å². The molecule has 3 heterocycles. The van der Waals surface area contributed by atoms with Gasteiger partial charge >= 0.3 is 0 Å². The smallest absolute Gasteiger partial charge is 0.263 e. The van der Waals surface area contributed by atoms with Crippen LogP contribution in [0.15, 0.2) is 46.9 Å². The van der Waals surface area contributed by atoms with Crippen LogP contribution in [0.1, 0.15) is 44.0 Å². The van der Waals surface area contributed by atoms with E-state index in [4.69, 9.17) is 0 Å². The lowest BCUT2D eigenvalue weighted by Gasteiger charge is -2.43. The molecule has 2 aliphatic heterocycles. The number of halogens is 1. The van der Waals surface area contributed by atoms with E-state index >= 15 is 0 Å². The molecule has 0 bridgehead atoms. The number of nitrogens with zero attached hydrogens (tertiary/aromatic N) is 2. The van der Waals surface area contributed by atoms with Gasteiger partial charge in [0.15, 0.2) is 5.54 Å². The lowest BCUT2D eigenvalue weighted by Crippen LogP contribution is -2.59. The maximum absolute atomic E-state index is 14.3. The zero-order chi connectivity index (χ0) is 21.9. The average molecular weight is 480 g/mol. The van der Waals surface area contributed by atoms with Crippen molar-refractivity contribution in [2.24, 2.45) is 5.92 Å². The molecule has 0 unspecified atom stereocenters. The minimum absolute atomic E-state index is 0.0380. The van der Waals surface area contributed by atoms with Crippen LogP contribution in [0.4, 0.5) is 5.69 Å². The number of benzene rings is 2. The van der Waals surface area contributed by atoms with E-state index in [2.05, 4.69) is 40.8 Å². The molecule has 0 aliphatic carbocycles. The number of para-hydroxylation sites is 1. The Bertz CT molecular complexity index is 1210. The lowest BCUT2D eigenvalue weighted by atomic mass is 9.80. The number of hydrogen-bond acceptors (Lipinski definition) is 2. The standard InChI is InChI=1S/C25H26BrN3O2/c1-15(2)10-12-28-22-9-8-17(26)14-20(22)25(24(28)31)23-19(11-13-29(25)16(3)30)18-6-4-5-7-21(18)27-23/h4-9,14-15,27H,10-13H2,1-3H3/t25-/m1/s1. The van der Waals surface area contributed by atoms with Gasteiger partial charge in [-0.3, -0.25) is 9.59 Å². The number of amides is 2. The quantitative estimate of drug-likeness (QED) is 0.576. The van der Waals surface area contributed by atoms with E-state index in [0.29, 0.717) is 19.0 Å². The summed E-state index contributed by atoms with van der Waals surface area (Å²) in [6.45, 7) is 7.04. The van der Waals surface area contributed by atoms with Gasteiger partial charge in [0.05, 0.1) is 11.4 Å². The number of aromatic amines is 1. The molecule has 1 N–H and O–H groups in total. The Morgan fingerprint density at radius 2 is 2.00 bits per heavy atom.